The molecule has 0 saturated carbocycles. The second-order valence-electron chi connectivity index (χ2n) is 14.1. The lowest BCUT2D eigenvalue weighted by molar-refractivity contribution is 0.0991. The fourth-order valence-corrected chi connectivity index (χ4v) is 8.11. The molecule has 0 bridgehead atoms. The number of rotatable bonds is 4. The van der Waals surface area contributed by atoms with Crippen molar-refractivity contribution in [3.8, 4) is 0 Å². The summed E-state index contributed by atoms with van der Waals surface area (Å²) in [6.45, 7) is 2.00. The van der Waals surface area contributed by atoms with Gasteiger partial charge in [-0.2, -0.15) is 10.2 Å². The highest BCUT2D eigenvalue weighted by atomic mass is 19.1. The zero-order valence-electron chi connectivity index (χ0n) is 30.3. The first-order valence-corrected chi connectivity index (χ1v) is 17.9. The van der Waals surface area contributed by atoms with E-state index >= 15 is 0 Å². The molecule has 0 aliphatic carbocycles. The molecule has 0 saturated heterocycles. The van der Waals surface area contributed by atoms with Gasteiger partial charge in [0.1, 0.15) is 54.8 Å². The van der Waals surface area contributed by atoms with E-state index in [9.17, 15) is 22.8 Å². The van der Waals surface area contributed by atoms with Crippen molar-refractivity contribution in [1.29, 1.82) is 0 Å². The summed E-state index contributed by atoms with van der Waals surface area (Å²) >= 11 is 0. The summed E-state index contributed by atoms with van der Waals surface area (Å²) in [5, 5.41) is 15.2. The highest BCUT2D eigenvalue weighted by Crippen LogP contribution is 2.46. The molecular formula is C41H33F3N10O2. The summed E-state index contributed by atoms with van der Waals surface area (Å²) in [7, 11) is 3.61. The number of halogens is 3. The van der Waals surface area contributed by atoms with Crippen molar-refractivity contribution in [1.82, 2.24) is 29.5 Å². The van der Waals surface area contributed by atoms with Gasteiger partial charge in [-0.15, -0.1) is 0 Å². The van der Waals surface area contributed by atoms with Crippen molar-refractivity contribution in [2.45, 2.75) is 30.8 Å². The molecule has 4 aliphatic rings. The van der Waals surface area contributed by atoms with Crippen LogP contribution in [0, 0.1) is 24.4 Å². The minimum absolute atomic E-state index is 0.0141. The number of nitrogens with one attached hydrogen (secondary N) is 2. The number of carbonyl (C=O) groups excluding carboxylic acids is 2. The minimum atomic E-state index is -0.495. The van der Waals surface area contributed by atoms with Crippen molar-refractivity contribution in [2.24, 2.45) is 24.1 Å². The Morgan fingerprint density at radius 2 is 1.04 bits per heavy atom. The Balaban J connectivity index is 0.000000146. The van der Waals surface area contributed by atoms with Crippen LogP contribution in [-0.2, 0) is 14.1 Å². The fraction of sp³-hybridized carbons (Fsp3) is 0.220. The van der Waals surface area contributed by atoms with Crippen LogP contribution in [0.3, 0.4) is 0 Å². The number of aliphatic imine (C=N–C) groups is 2. The lowest BCUT2D eigenvalue weighted by Gasteiger charge is -2.37. The normalized spacial score (nSPS) is 20.4. The van der Waals surface area contributed by atoms with E-state index in [-0.39, 0.29) is 54.4 Å². The Labute approximate surface area is 318 Å². The molecule has 10 rings (SSSR count). The number of hydrogen-bond donors (Lipinski definition) is 2. The highest BCUT2D eigenvalue weighted by molar-refractivity contribution is 6.22. The molecule has 0 amide bonds. The molecule has 0 fully saturated rings. The topological polar surface area (TPSA) is 144 Å². The first-order valence-electron chi connectivity index (χ1n) is 17.9. The minimum Gasteiger partial charge on any atom is -0.376 e. The smallest absolute Gasteiger partial charge is 0.185 e. The third-order valence-corrected chi connectivity index (χ3v) is 10.7. The average molecular weight is 755 g/mol. The molecule has 56 heavy (non-hydrogen) atoms. The number of hydrogen-bond acceptors (Lipinski definition) is 10. The Morgan fingerprint density at radius 1 is 0.607 bits per heavy atom. The van der Waals surface area contributed by atoms with E-state index in [2.05, 4.69) is 52.9 Å². The third-order valence-electron chi connectivity index (χ3n) is 10.7. The zero-order chi connectivity index (χ0) is 38.8. The Hall–Kier alpha value is -6.77. The molecule has 15 heteroatoms. The summed E-state index contributed by atoms with van der Waals surface area (Å²) in [6.07, 6.45) is 2.96. The van der Waals surface area contributed by atoms with Crippen LogP contribution >= 0.6 is 0 Å². The van der Waals surface area contributed by atoms with Gasteiger partial charge in [0.05, 0.1) is 35.3 Å². The SMILES string of the molecule is Cc1ccc([C@H]2Nc3cc(F)cc4c3C(=NCC4=O)[C@@H]2c2ncnn2C)cc1.Cn1ncnc1[C@@H]1C2=NCC(=O)c3cc(F)cc(c32)N[C@H]1c1ccc(F)cc1. The van der Waals surface area contributed by atoms with Crippen LogP contribution in [0.5, 0.6) is 0 Å². The molecule has 2 N–H and O–H groups in total. The lowest BCUT2D eigenvalue weighted by atomic mass is 9.78. The molecule has 4 atom stereocenters. The van der Waals surface area contributed by atoms with Gasteiger partial charge in [-0.05, 0) is 54.4 Å². The largest absolute Gasteiger partial charge is 0.376 e. The number of aryl methyl sites for hydroxylation is 3. The quantitative estimate of drug-likeness (QED) is 0.216. The number of aromatic nitrogens is 6. The Bertz CT molecular complexity index is 2450. The summed E-state index contributed by atoms with van der Waals surface area (Å²) in [5.41, 5.74) is 7.46. The second-order valence-corrected chi connectivity index (χ2v) is 14.1. The van der Waals surface area contributed by atoms with Crippen LogP contribution in [0.25, 0.3) is 0 Å². The van der Waals surface area contributed by atoms with Crippen LogP contribution < -0.4 is 10.6 Å². The summed E-state index contributed by atoms with van der Waals surface area (Å²) in [6, 6.07) is 19.1. The molecular weight excluding hydrogens is 722 g/mol. The fourth-order valence-electron chi connectivity index (χ4n) is 8.11. The lowest BCUT2D eigenvalue weighted by Crippen LogP contribution is -2.37. The van der Waals surface area contributed by atoms with Gasteiger partial charge in [0, 0.05) is 47.7 Å². The Morgan fingerprint density at radius 3 is 1.45 bits per heavy atom. The van der Waals surface area contributed by atoms with Gasteiger partial charge in [-0.25, -0.2) is 23.1 Å². The van der Waals surface area contributed by atoms with E-state index in [0.29, 0.717) is 45.2 Å². The van der Waals surface area contributed by atoms with Crippen LogP contribution in [0.1, 0.15) is 84.1 Å². The molecule has 6 aromatic rings. The molecule has 0 unspecified atom stereocenters. The standard InChI is InChI=1S/C21H18FN5O.C20H15F2N5O/c1-11-3-5-12(6-4-11)19-18(21-24-10-25-27(21)2)20-17-14(16(28)9-23-20)7-13(22)8-15(17)26-19;1-27-20(24-9-25-27)17-18(10-2-4-11(21)5-3-10)26-14-7-12(22)6-13-15(28)8-23-19(17)16(13)14/h3-8,10,18-19,26H,9H2,1-2H3;2-7,9,17-18,26H,8H2,1H3/t18-,19-;17-,18-/m10/s1. The molecule has 12 nitrogen and oxygen atoms in total. The highest BCUT2D eigenvalue weighted by Gasteiger charge is 2.43. The first kappa shape index (κ1) is 35.0. The summed E-state index contributed by atoms with van der Waals surface area (Å²) in [4.78, 5) is 42.7. The van der Waals surface area contributed by atoms with Crippen LogP contribution in [0.2, 0.25) is 0 Å². The zero-order valence-corrected chi connectivity index (χ0v) is 30.3. The van der Waals surface area contributed by atoms with Crippen molar-refractivity contribution >= 4 is 34.4 Å². The summed E-state index contributed by atoms with van der Waals surface area (Å²) in [5.74, 6) is -0.902. The van der Waals surface area contributed by atoms with Crippen LogP contribution in [0.4, 0.5) is 24.5 Å². The van der Waals surface area contributed by atoms with E-state index in [4.69, 9.17) is 0 Å². The molecule has 280 valence electrons. The van der Waals surface area contributed by atoms with Crippen molar-refractivity contribution in [3.63, 3.8) is 0 Å². The number of carbonyl (C=O) groups is 2. The number of nitrogens with zero attached hydrogens (tertiary/aromatic N) is 8. The molecule has 4 aliphatic heterocycles. The Kier molecular flexibility index (Phi) is 8.44. The van der Waals surface area contributed by atoms with Crippen molar-refractivity contribution in [3.05, 3.63) is 153 Å². The van der Waals surface area contributed by atoms with E-state index < -0.39 is 11.6 Å². The first-order chi connectivity index (χ1) is 27.0. The van der Waals surface area contributed by atoms with E-state index in [1.54, 1.807) is 28.5 Å². The second kappa shape index (κ2) is 13.5. The number of anilines is 2. The number of ketones is 2. The van der Waals surface area contributed by atoms with Gasteiger partial charge in [0.25, 0.3) is 0 Å². The maximum atomic E-state index is 14.2. The van der Waals surface area contributed by atoms with Gasteiger partial charge in [-0.3, -0.25) is 28.9 Å². The maximum absolute atomic E-state index is 14.2. The van der Waals surface area contributed by atoms with Gasteiger partial charge in [-0.1, -0.05) is 42.0 Å². The third kappa shape index (κ3) is 5.86. The van der Waals surface area contributed by atoms with Gasteiger partial charge >= 0.3 is 0 Å². The molecule has 0 spiro atoms. The predicted molar refractivity (Wildman–Crippen MR) is 202 cm³/mol. The van der Waals surface area contributed by atoms with E-state index in [1.807, 2.05) is 26.1 Å². The van der Waals surface area contributed by atoms with E-state index in [1.165, 1.54) is 49.1 Å². The molecule has 6 heterocycles. The monoisotopic (exact) mass is 754 g/mol. The average Bonchev–Trinajstić information content (AvgIpc) is 3.81. The van der Waals surface area contributed by atoms with Gasteiger partial charge < -0.3 is 10.6 Å². The number of benzene rings is 4. The number of Topliss-reactive ketones (excluding diaryl/α,β-unsaturated/α-hetero) is 2. The summed E-state index contributed by atoms with van der Waals surface area (Å²) < 4.78 is 45.2. The maximum Gasteiger partial charge on any atom is 0.185 e. The molecule has 2 aromatic heterocycles. The van der Waals surface area contributed by atoms with Crippen LogP contribution in [0.15, 0.2) is 95.4 Å². The van der Waals surface area contributed by atoms with E-state index in [0.717, 1.165) is 28.2 Å². The van der Waals surface area contributed by atoms with Crippen molar-refractivity contribution < 1.29 is 22.8 Å². The van der Waals surface area contributed by atoms with Crippen LogP contribution in [-0.4, -0.2) is 65.6 Å². The molecule has 4 aromatic carbocycles. The van der Waals surface area contributed by atoms with Crippen molar-refractivity contribution in [2.75, 3.05) is 23.7 Å². The van der Waals surface area contributed by atoms with Gasteiger partial charge in [0.2, 0.25) is 0 Å². The van der Waals surface area contributed by atoms with Gasteiger partial charge in [0.15, 0.2) is 11.6 Å². The predicted octanol–water partition coefficient (Wildman–Crippen LogP) is 6.23. The molecule has 0 radical (unpaired) electrons.